The molecular weight excluding hydrogens is 1000 g/mol. The zero-order valence-electron chi connectivity index (χ0n) is 45.4. The van der Waals surface area contributed by atoms with Gasteiger partial charge in [-0.2, -0.15) is 0 Å². The van der Waals surface area contributed by atoms with Crippen LogP contribution >= 0.6 is 0 Å². The summed E-state index contributed by atoms with van der Waals surface area (Å²) in [6.07, 6.45) is 0. The van der Waals surface area contributed by atoms with Crippen molar-refractivity contribution in [1.82, 2.24) is 0 Å². The maximum atomic E-state index is 2.61. The first-order valence-corrected chi connectivity index (χ1v) is 28.9. The van der Waals surface area contributed by atoms with Gasteiger partial charge in [0.2, 0.25) is 0 Å². The van der Waals surface area contributed by atoms with Crippen molar-refractivity contribution < 1.29 is 0 Å². The first-order chi connectivity index (χ1) is 41.2. The van der Waals surface area contributed by atoms with Crippen LogP contribution in [0.2, 0.25) is 0 Å². The SMILES string of the molecule is c1ccc(-c2cccc(N3c4cc(-c5ccccc5)ccc4B4c5ccc(-c6ccccc6)cc5N(c5ccc6c(c5)-c5ccccc5C65c6ccccc6-c6ccccc65)c5cc(N(c6ccccc6)c6ccccc6)cc3c54)c2)cc1. The zero-order chi connectivity index (χ0) is 54.6. The summed E-state index contributed by atoms with van der Waals surface area (Å²) in [7, 11) is 0. The second kappa shape index (κ2) is 18.7. The molecule has 386 valence electrons. The maximum Gasteiger partial charge on any atom is 0.252 e. The number of benzene rings is 13. The maximum absolute atomic E-state index is 2.61. The standard InChI is InChI=1S/C79H52BN3/c1-6-23-53(24-7-1)56-29-22-34-61(47-56)82-74-48-57(54-25-8-2-9-26-54)41-45-72(74)80-73-46-42-58(55-27-10-3-11-28-55)49-75(73)83(77-52-63(51-76(82)78(77)80)81(59-30-12-4-13-31-59)60-32-14-5-15-33-60)62-43-44-71-67(50-62)66-37-18-21-40-70(66)79(71)68-38-19-16-35-64(68)65-36-17-20-39-69(65)79/h1-52H. The van der Waals surface area contributed by atoms with E-state index < -0.39 is 5.41 Å². The Morgan fingerprint density at radius 3 is 1.12 bits per heavy atom. The molecule has 0 bridgehead atoms. The van der Waals surface area contributed by atoms with Crippen LogP contribution in [0.1, 0.15) is 22.3 Å². The van der Waals surface area contributed by atoms with Gasteiger partial charge in [-0.1, -0.05) is 243 Å². The summed E-state index contributed by atoms with van der Waals surface area (Å²) in [4.78, 5) is 7.62. The molecule has 2 aliphatic carbocycles. The highest BCUT2D eigenvalue weighted by Gasteiger charge is 2.52. The van der Waals surface area contributed by atoms with Gasteiger partial charge in [0, 0.05) is 45.5 Å². The van der Waals surface area contributed by atoms with Gasteiger partial charge in [0.15, 0.2) is 0 Å². The predicted molar refractivity (Wildman–Crippen MR) is 348 cm³/mol. The first-order valence-electron chi connectivity index (χ1n) is 28.9. The topological polar surface area (TPSA) is 9.72 Å². The molecule has 0 amide bonds. The number of hydrogen-bond donors (Lipinski definition) is 0. The van der Waals surface area contributed by atoms with Crippen molar-refractivity contribution >= 4 is 74.3 Å². The van der Waals surface area contributed by atoms with Crippen molar-refractivity contribution in [3.05, 3.63) is 338 Å². The van der Waals surface area contributed by atoms with Gasteiger partial charge < -0.3 is 14.7 Å². The van der Waals surface area contributed by atoms with Gasteiger partial charge in [0.25, 0.3) is 6.71 Å². The van der Waals surface area contributed by atoms with E-state index >= 15 is 0 Å². The molecule has 4 heteroatoms. The quantitative estimate of drug-likeness (QED) is 0.140. The predicted octanol–water partition coefficient (Wildman–Crippen LogP) is 18.6. The van der Waals surface area contributed by atoms with E-state index in [4.69, 9.17) is 0 Å². The highest BCUT2D eigenvalue weighted by Crippen LogP contribution is 2.63. The minimum Gasteiger partial charge on any atom is -0.311 e. The molecule has 0 aromatic heterocycles. The van der Waals surface area contributed by atoms with E-state index in [-0.39, 0.29) is 6.71 Å². The summed E-state index contributed by atoms with van der Waals surface area (Å²) in [5.41, 5.74) is 30.8. The van der Waals surface area contributed by atoms with E-state index in [1.165, 1.54) is 88.7 Å². The summed E-state index contributed by atoms with van der Waals surface area (Å²) in [5, 5.41) is 0. The van der Waals surface area contributed by atoms with E-state index in [2.05, 4.69) is 330 Å². The van der Waals surface area contributed by atoms with Gasteiger partial charge in [-0.3, -0.25) is 0 Å². The molecule has 2 aliphatic heterocycles. The van der Waals surface area contributed by atoms with E-state index in [1.807, 2.05) is 0 Å². The Balaban J connectivity index is 0.984. The number of para-hydroxylation sites is 2. The number of anilines is 9. The minimum atomic E-state index is -0.467. The normalized spacial score (nSPS) is 13.3. The van der Waals surface area contributed by atoms with Crippen LogP contribution < -0.4 is 31.1 Å². The van der Waals surface area contributed by atoms with Crippen molar-refractivity contribution in [2.24, 2.45) is 0 Å². The molecule has 0 unspecified atom stereocenters. The molecule has 0 saturated heterocycles. The van der Waals surface area contributed by atoms with Crippen molar-refractivity contribution in [2.45, 2.75) is 5.41 Å². The molecule has 0 fully saturated rings. The van der Waals surface area contributed by atoms with Crippen LogP contribution in [-0.4, -0.2) is 6.71 Å². The summed E-state index contributed by atoms with van der Waals surface area (Å²) < 4.78 is 0. The third-order valence-electron chi connectivity index (χ3n) is 18.0. The molecule has 0 atom stereocenters. The zero-order valence-corrected chi connectivity index (χ0v) is 45.4. The van der Waals surface area contributed by atoms with Crippen LogP contribution in [0.3, 0.4) is 0 Å². The van der Waals surface area contributed by atoms with Crippen LogP contribution in [0.5, 0.6) is 0 Å². The Hall–Kier alpha value is -10.7. The lowest BCUT2D eigenvalue weighted by molar-refractivity contribution is 0.794. The molecular formula is C79H52BN3. The number of nitrogens with zero attached hydrogens (tertiary/aromatic N) is 3. The lowest BCUT2D eigenvalue weighted by Crippen LogP contribution is -2.61. The van der Waals surface area contributed by atoms with Crippen LogP contribution in [-0.2, 0) is 5.41 Å². The lowest BCUT2D eigenvalue weighted by Gasteiger charge is -2.45. The fourth-order valence-electron chi connectivity index (χ4n) is 14.6. The van der Waals surface area contributed by atoms with Crippen molar-refractivity contribution in [1.29, 1.82) is 0 Å². The third-order valence-corrected chi connectivity index (χ3v) is 18.0. The van der Waals surface area contributed by atoms with E-state index in [0.29, 0.717) is 0 Å². The first kappa shape index (κ1) is 47.2. The summed E-state index contributed by atoms with van der Waals surface area (Å²) in [5.74, 6) is 0. The fraction of sp³-hybridized carbons (Fsp3) is 0.0127. The molecule has 0 radical (unpaired) electrons. The third kappa shape index (κ3) is 7.13. The van der Waals surface area contributed by atoms with Gasteiger partial charge >= 0.3 is 0 Å². The molecule has 17 rings (SSSR count). The Morgan fingerprint density at radius 2 is 0.639 bits per heavy atom. The Bertz CT molecular complexity index is 4610. The highest BCUT2D eigenvalue weighted by atomic mass is 15.2. The molecule has 3 nitrogen and oxygen atoms in total. The van der Waals surface area contributed by atoms with Gasteiger partial charge in [0.05, 0.1) is 11.1 Å². The van der Waals surface area contributed by atoms with E-state index in [9.17, 15) is 0 Å². The molecule has 13 aromatic rings. The second-order valence-corrected chi connectivity index (χ2v) is 22.3. The van der Waals surface area contributed by atoms with Gasteiger partial charge in [-0.15, -0.1) is 0 Å². The Kier molecular flexibility index (Phi) is 10.6. The van der Waals surface area contributed by atoms with Crippen LogP contribution in [0.4, 0.5) is 51.2 Å². The molecule has 0 N–H and O–H groups in total. The summed E-state index contributed by atoms with van der Waals surface area (Å²) in [6, 6.07) is 118. The Labute approximate surface area is 485 Å². The van der Waals surface area contributed by atoms with Crippen LogP contribution in [0.15, 0.2) is 315 Å². The number of fused-ring (bicyclic) bond motifs is 14. The number of hydrogen-bond acceptors (Lipinski definition) is 3. The van der Waals surface area contributed by atoms with Gasteiger partial charge in [0.1, 0.15) is 0 Å². The molecule has 2 heterocycles. The molecule has 0 saturated carbocycles. The van der Waals surface area contributed by atoms with Crippen molar-refractivity contribution in [3.63, 3.8) is 0 Å². The monoisotopic (exact) mass is 1050 g/mol. The fourth-order valence-corrected chi connectivity index (χ4v) is 14.6. The average molecular weight is 1050 g/mol. The summed E-state index contributed by atoms with van der Waals surface area (Å²) >= 11 is 0. The summed E-state index contributed by atoms with van der Waals surface area (Å²) in [6.45, 7) is -0.120. The largest absolute Gasteiger partial charge is 0.311 e. The molecule has 4 aliphatic rings. The lowest BCUT2D eigenvalue weighted by atomic mass is 9.33. The molecule has 13 aromatic carbocycles. The van der Waals surface area contributed by atoms with Crippen molar-refractivity contribution in [3.8, 4) is 55.6 Å². The average Bonchev–Trinajstić information content (AvgIpc) is 1.84. The molecule has 83 heavy (non-hydrogen) atoms. The smallest absolute Gasteiger partial charge is 0.252 e. The second-order valence-electron chi connectivity index (χ2n) is 22.3. The van der Waals surface area contributed by atoms with Crippen LogP contribution in [0, 0.1) is 0 Å². The molecule has 1 spiro atoms. The highest BCUT2D eigenvalue weighted by molar-refractivity contribution is 7.00. The van der Waals surface area contributed by atoms with E-state index in [0.717, 1.165) is 56.7 Å². The van der Waals surface area contributed by atoms with E-state index in [1.54, 1.807) is 0 Å². The van der Waals surface area contributed by atoms with Crippen molar-refractivity contribution in [2.75, 3.05) is 14.7 Å². The van der Waals surface area contributed by atoms with Crippen LogP contribution in [0.25, 0.3) is 55.6 Å². The Morgan fingerprint density at radius 1 is 0.253 bits per heavy atom. The van der Waals surface area contributed by atoms with Gasteiger partial charge in [-0.25, -0.2) is 0 Å². The minimum absolute atomic E-state index is 0.120. The number of rotatable bonds is 8. The van der Waals surface area contributed by atoms with Gasteiger partial charge in [-0.05, 0) is 167 Å².